The lowest BCUT2D eigenvalue weighted by Gasteiger charge is -2.22. The summed E-state index contributed by atoms with van der Waals surface area (Å²) in [7, 11) is 0. The molecule has 0 aromatic heterocycles. The minimum Gasteiger partial charge on any atom is -0.294 e. The van der Waals surface area contributed by atoms with Crippen molar-refractivity contribution in [1.29, 1.82) is 0 Å². The van der Waals surface area contributed by atoms with Gasteiger partial charge in [0.05, 0.1) is 0 Å². The van der Waals surface area contributed by atoms with Crippen molar-refractivity contribution in [2.45, 2.75) is 32.6 Å². The summed E-state index contributed by atoms with van der Waals surface area (Å²) in [5.74, 6) is 0.102. The molecule has 0 heterocycles. The van der Waals surface area contributed by atoms with E-state index in [1.54, 1.807) is 0 Å². The topological polar surface area (TPSA) is 17.1 Å². The third-order valence-corrected chi connectivity index (χ3v) is 4.25. The second-order valence-electron chi connectivity index (χ2n) is 6.13. The van der Waals surface area contributed by atoms with Crippen LogP contribution in [0.25, 0.3) is 0 Å². The van der Waals surface area contributed by atoms with Crippen molar-refractivity contribution in [3.63, 3.8) is 0 Å². The average Bonchev–Trinajstić information content (AvgIpc) is 2.41. The molecule has 2 rings (SSSR count). The Labute approximate surface area is 139 Å². The van der Waals surface area contributed by atoms with Crippen molar-refractivity contribution in [1.82, 2.24) is 0 Å². The van der Waals surface area contributed by atoms with Crippen LogP contribution in [0.4, 0.5) is 0 Å². The molecule has 0 fully saturated rings. The minimum absolute atomic E-state index is 0.0598. The maximum atomic E-state index is 12.6. The molecular weight excluding hydrogens is 348 g/mol. The van der Waals surface area contributed by atoms with Gasteiger partial charge in [0, 0.05) is 21.5 Å². The molecule has 0 saturated carbocycles. The fraction of sp³-hybridized carbons (Fsp3) is 0.278. The largest absolute Gasteiger partial charge is 0.294 e. The first-order valence-corrected chi connectivity index (χ1v) is 8.03. The fourth-order valence-corrected chi connectivity index (χ4v) is 3.05. The van der Waals surface area contributed by atoms with E-state index in [2.05, 4.69) is 36.7 Å². The molecule has 0 amide bonds. The third kappa shape index (κ3) is 3.96. The van der Waals surface area contributed by atoms with Crippen LogP contribution in [0.5, 0.6) is 0 Å². The van der Waals surface area contributed by atoms with Gasteiger partial charge in [0.2, 0.25) is 0 Å². The number of benzene rings is 2. The Kier molecular flexibility index (Phi) is 4.90. The van der Waals surface area contributed by atoms with Crippen molar-refractivity contribution in [2.24, 2.45) is 0 Å². The highest BCUT2D eigenvalue weighted by atomic mass is 79.9. The van der Waals surface area contributed by atoms with E-state index in [0.717, 1.165) is 21.2 Å². The van der Waals surface area contributed by atoms with Gasteiger partial charge in [-0.25, -0.2) is 0 Å². The van der Waals surface area contributed by atoms with Gasteiger partial charge in [-0.2, -0.15) is 0 Å². The first-order valence-electron chi connectivity index (χ1n) is 6.85. The van der Waals surface area contributed by atoms with E-state index < -0.39 is 0 Å². The molecule has 2 aromatic carbocycles. The summed E-state index contributed by atoms with van der Waals surface area (Å²) in [4.78, 5) is 12.6. The molecule has 0 radical (unpaired) electrons. The van der Waals surface area contributed by atoms with Crippen molar-refractivity contribution >= 4 is 33.3 Å². The first-order chi connectivity index (χ1) is 9.79. The van der Waals surface area contributed by atoms with Crippen LogP contribution in [0.3, 0.4) is 0 Å². The standard InChI is InChI=1S/C18H18BrClO/c1-18(2,3)15-7-5-4-6-14(15)17(21)10-12-8-9-13(19)11-16(12)20/h4-9,11H,10H2,1-3H3. The smallest absolute Gasteiger partial charge is 0.167 e. The van der Waals surface area contributed by atoms with Crippen LogP contribution in [0.15, 0.2) is 46.9 Å². The predicted octanol–water partition coefficient (Wildman–Crippen LogP) is 5.83. The number of hydrogen-bond donors (Lipinski definition) is 0. The summed E-state index contributed by atoms with van der Waals surface area (Å²) in [5, 5.41) is 0.617. The number of rotatable bonds is 3. The molecule has 0 aliphatic rings. The van der Waals surface area contributed by atoms with Gasteiger partial charge in [0.15, 0.2) is 5.78 Å². The summed E-state index contributed by atoms with van der Waals surface area (Å²) in [6.45, 7) is 6.35. The Morgan fingerprint density at radius 3 is 2.43 bits per heavy atom. The van der Waals surface area contributed by atoms with Gasteiger partial charge in [-0.3, -0.25) is 4.79 Å². The van der Waals surface area contributed by atoms with Crippen molar-refractivity contribution in [2.75, 3.05) is 0 Å². The molecule has 0 unspecified atom stereocenters. The number of halogens is 2. The molecule has 1 nitrogen and oxygen atoms in total. The Morgan fingerprint density at radius 1 is 1.14 bits per heavy atom. The molecular formula is C18H18BrClO. The van der Waals surface area contributed by atoms with Crippen molar-refractivity contribution < 1.29 is 4.79 Å². The van der Waals surface area contributed by atoms with Crippen LogP contribution in [0.2, 0.25) is 5.02 Å². The molecule has 0 aliphatic heterocycles. The lowest BCUT2D eigenvalue weighted by Crippen LogP contribution is -2.17. The molecule has 0 bridgehead atoms. The minimum atomic E-state index is -0.0598. The molecule has 110 valence electrons. The van der Waals surface area contributed by atoms with E-state index in [0.29, 0.717) is 11.4 Å². The highest BCUT2D eigenvalue weighted by Gasteiger charge is 2.21. The van der Waals surface area contributed by atoms with E-state index in [4.69, 9.17) is 11.6 Å². The number of Topliss-reactive ketones (excluding diaryl/α,β-unsaturated/α-hetero) is 1. The average molecular weight is 366 g/mol. The van der Waals surface area contributed by atoms with E-state index >= 15 is 0 Å². The third-order valence-electron chi connectivity index (χ3n) is 3.40. The predicted molar refractivity (Wildman–Crippen MR) is 92.3 cm³/mol. The molecule has 0 saturated heterocycles. The van der Waals surface area contributed by atoms with E-state index in [1.807, 2.05) is 42.5 Å². The monoisotopic (exact) mass is 364 g/mol. The van der Waals surface area contributed by atoms with Crippen LogP contribution in [0.1, 0.15) is 42.3 Å². The summed E-state index contributed by atoms with van der Waals surface area (Å²) in [5.41, 5.74) is 2.65. The van der Waals surface area contributed by atoms with Gasteiger partial charge >= 0.3 is 0 Å². The zero-order valence-electron chi connectivity index (χ0n) is 12.4. The van der Waals surface area contributed by atoms with E-state index in [1.165, 1.54) is 0 Å². The zero-order chi connectivity index (χ0) is 15.6. The summed E-state index contributed by atoms with van der Waals surface area (Å²) in [6.07, 6.45) is 0.319. The maximum Gasteiger partial charge on any atom is 0.167 e. The Hall–Kier alpha value is -1.12. The van der Waals surface area contributed by atoms with Gasteiger partial charge in [0.1, 0.15) is 0 Å². The summed E-state index contributed by atoms with van der Waals surface area (Å²) >= 11 is 9.58. The van der Waals surface area contributed by atoms with Crippen LogP contribution >= 0.6 is 27.5 Å². The second kappa shape index (κ2) is 6.33. The Bertz CT molecular complexity index is 671. The van der Waals surface area contributed by atoms with Crippen LogP contribution in [0, 0.1) is 0 Å². The molecule has 21 heavy (non-hydrogen) atoms. The van der Waals surface area contributed by atoms with E-state index in [9.17, 15) is 4.79 Å². The molecule has 0 N–H and O–H groups in total. The molecule has 0 atom stereocenters. The van der Waals surface area contributed by atoms with Crippen molar-refractivity contribution in [3.8, 4) is 0 Å². The van der Waals surface area contributed by atoms with E-state index in [-0.39, 0.29) is 11.2 Å². The maximum absolute atomic E-state index is 12.6. The normalized spacial score (nSPS) is 11.5. The quantitative estimate of drug-likeness (QED) is 0.626. The first kappa shape index (κ1) is 16.3. The zero-order valence-corrected chi connectivity index (χ0v) is 14.8. The van der Waals surface area contributed by atoms with Gasteiger partial charge in [-0.15, -0.1) is 0 Å². The molecule has 0 spiro atoms. The number of ketones is 1. The summed E-state index contributed by atoms with van der Waals surface area (Å²) in [6, 6.07) is 13.4. The Balaban J connectivity index is 2.33. The van der Waals surface area contributed by atoms with Crippen LogP contribution in [-0.4, -0.2) is 5.78 Å². The summed E-state index contributed by atoms with van der Waals surface area (Å²) < 4.78 is 0.916. The second-order valence-corrected chi connectivity index (χ2v) is 7.45. The number of carbonyl (C=O) groups is 1. The lowest BCUT2D eigenvalue weighted by molar-refractivity contribution is 0.0991. The van der Waals surface area contributed by atoms with Gasteiger partial charge < -0.3 is 0 Å². The fourth-order valence-electron chi connectivity index (χ4n) is 2.31. The lowest BCUT2D eigenvalue weighted by atomic mass is 9.82. The van der Waals surface area contributed by atoms with Crippen LogP contribution in [-0.2, 0) is 11.8 Å². The van der Waals surface area contributed by atoms with Crippen LogP contribution < -0.4 is 0 Å². The van der Waals surface area contributed by atoms with Gasteiger partial charge in [-0.05, 0) is 28.7 Å². The highest BCUT2D eigenvalue weighted by molar-refractivity contribution is 9.10. The van der Waals surface area contributed by atoms with Gasteiger partial charge in [-0.1, -0.05) is 78.6 Å². The number of hydrogen-bond acceptors (Lipinski definition) is 1. The highest BCUT2D eigenvalue weighted by Crippen LogP contribution is 2.28. The van der Waals surface area contributed by atoms with Gasteiger partial charge in [0.25, 0.3) is 0 Å². The molecule has 0 aliphatic carbocycles. The molecule has 3 heteroatoms. The SMILES string of the molecule is CC(C)(C)c1ccccc1C(=O)Cc1ccc(Br)cc1Cl. The number of carbonyl (C=O) groups excluding carboxylic acids is 1. The molecule has 2 aromatic rings. The van der Waals surface area contributed by atoms with Crippen molar-refractivity contribution in [3.05, 3.63) is 68.7 Å². The Morgan fingerprint density at radius 2 is 1.81 bits per heavy atom.